The van der Waals surface area contributed by atoms with E-state index in [4.69, 9.17) is 16.3 Å². The van der Waals surface area contributed by atoms with E-state index in [9.17, 15) is 0 Å². The molecule has 0 aliphatic carbocycles. The van der Waals surface area contributed by atoms with Gasteiger partial charge in [0.05, 0.1) is 12.1 Å². The van der Waals surface area contributed by atoms with E-state index in [1.807, 2.05) is 42.5 Å². The minimum Gasteiger partial charge on any atom is -0.496 e. The van der Waals surface area contributed by atoms with Gasteiger partial charge in [0.2, 0.25) is 0 Å². The fourth-order valence-corrected chi connectivity index (χ4v) is 2.77. The first-order valence-electron chi connectivity index (χ1n) is 5.30. The van der Waals surface area contributed by atoms with Gasteiger partial charge in [0, 0.05) is 16.2 Å². The van der Waals surface area contributed by atoms with Gasteiger partial charge in [-0.15, -0.1) is 11.8 Å². The normalized spacial score (nSPS) is 10.2. The average molecular weight is 265 g/mol. The topological polar surface area (TPSA) is 9.23 Å². The molecule has 1 nitrogen and oxygen atoms in total. The maximum atomic E-state index is 6.11. The zero-order valence-electron chi connectivity index (χ0n) is 9.52. The number of ether oxygens (including phenoxy) is 1. The summed E-state index contributed by atoms with van der Waals surface area (Å²) in [6, 6.07) is 15.9. The van der Waals surface area contributed by atoms with Crippen molar-refractivity contribution in [1.82, 2.24) is 0 Å². The quantitative estimate of drug-likeness (QED) is 0.744. The van der Waals surface area contributed by atoms with Crippen molar-refractivity contribution in [3.63, 3.8) is 0 Å². The lowest BCUT2D eigenvalue weighted by molar-refractivity contribution is 0.411. The van der Waals surface area contributed by atoms with Crippen LogP contribution in [-0.2, 0) is 5.75 Å². The van der Waals surface area contributed by atoms with E-state index >= 15 is 0 Å². The summed E-state index contributed by atoms with van der Waals surface area (Å²) in [5.41, 5.74) is 1.18. The lowest BCUT2D eigenvalue weighted by atomic mass is 10.2. The number of thioether (sulfide) groups is 1. The Morgan fingerprint density at radius 1 is 1.06 bits per heavy atom. The van der Waals surface area contributed by atoms with Crippen molar-refractivity contribution >= 4 is 23.4 Å². The van der Waals surface area contributed by atoms with E-state index in [2.05, 4.69) is 6.07 Å². The van der Waals surface area contributed by atoms with Gasteiger partial charge in [-0.2, -0.15) is 0 Å². The van der Waals surface area contributed by atoms with Gasteiger partial charge in [0.25, 0.3) is 0 Å². The number of hydrogen-bond acceptors (Lipinski definition) is 2. The lowest BCUT2D eigenvalue weighted by Crippen LogP contribution is -1.89. The van der Waals surface area contributed by atoms with Gasteiger partial charge in [-0.05, 0) is 18.2 Å². The second-order valence-corrected chi connectivity index (χ2v) is 4.96. The summed E-state index contributed by atoms with van der Waals surface area (Å²) in [6.45, 7) is 0. The average Bonchev–Trinajstić information content (AvgIpc) is 2.38. The van der Waals surface area contributed by atoms with Gasteiger partial charge in [0.15, 0.2) is 0 Å². The van der Waals surface area contributed by atoms with Crippen LogP contribution in [0.4, 0.5) is 0 Å². The molecule has 0 heterocycles. The molecule has 0 atom stereocenters. The highest BCUT2D eigenvalue weighted by molar-refractivity contribution is 7.98. The molecular formula is C14H13ClOS. The summed E-state index contributed by atoms with van der Waals surface area (Å²) in [4.78, 5) is 1.10. The molecule has 0 aliphatic rings. The molecule has 2 aromatic carbocycles. The number of methoxy groups -OCH3 is 1. The van der Waals surface area contributed by atoms with Crippen molar-refractivity contribution in [3.05, 3.63) is 59.1 Å². The third kappa shape index (κ3) is 3.18. The van der Waals surface area contributed by atoms with E-state index < -0.39 is 0 Å². The van der Waals surface area contributed by atoms with Gasteiger partial charge >= 0.3 is 0 Å². The Labute approximate surface area is 111 Å². The Kier molecular flexibility index (Phi) is 4.35. The monoisotopic (exact) mass is 264 g/mol. The molecule has 3 heteroatoms. The lowest BCUT2D eigenvalue weighted by Gasteiger charge is -2.08. The van der Waals surface area contributed by atoms with Crippen molar-refractivity contribution in [2.24, 2.45) is 0 Å². The Balaban J connectivity index is 2.10. The highest BCUT2D eigenvalue weighted by Crippen LogP contribution is 2.31. The molecule has 0 amide bonds. The van der Waals surface area contributed by atoms with E-state index in [0.717, 1.165) is 21.4 Å². The number of benzene rings is 2. The van der Waals surface area contributed by atoms with Crippen LogP contribution in [0.2, 0.25) is 5.02 Å². The van der Waals surface area contributed by atoms with Crippen molar-refractivity contribution in [1.29, 1.82) is 0 Å². The van der Waals surface area contributed by atoms with Crippen LogP contribution in [0, 0.1) is 0 Å². The number of hydrogen-bond donors (Lipinski definition) is 0. The van der Waals surface area contributed by atoms with E-state index in [1.54, 1.807) is 18.9 Å². The van der Waals surface area contributed by atoms with Crippen LogP contribution in [0.1, 0.15) is 5.56 Å². The summed E-state index contributed by atoms with van der Waals surface area (Å²) in [6.07, 6.45) is 0. The fraction of sp³-hybridized carbons (Fsp3) is 0.143. The zero-order chi connectivity index (χ0) is 12.1. The molecule has 0 radical (unpaired) electrons. The van der Waals surface area contributed by atoms with Crippen molar-refractivity contribution < 1.29 is 4.74 Å². The third-order valence-electron chi connectivity index (χ3n) is 2.41. The first-order chi connectivity index (χ1) is 8.31. The summed E-state index contributed by atoms with van der Waals surface area (Å²) in [5, 5.41) is 0.799. The second-order valence-electron chi connectivity index (χ2n) is 3.53. The third-order valence-corrected chi connectivity index (χ3v) is 3.98. The van der Waals surface area contributed by atoms with E-state index in [1.165, 1.54) is 5.56 Å². The Morgan fingerprint density at radius 3 is 2.53 bits per heavy atom. The van der Waals surface area contributed by atoms with Crippen LogP contribution in [-0.4, -0.2) is 7.11 Å². The predicted molar refractivity (Wildman–Crippen MR) is 74.0 cm³/mol. The second kappa shape index (κ2) is 5.99. The molecule has 2 aromatic rings. The Morgan fingerprint density at radius 2 is 1.76 bits per heavy atom. The molecule has 0 saturated carbocycles. The number of para-hydroxylation sites is 1. The van der Waals surface area contributed by atoms with E-state index in [0.29, 0.717) is 0 Å². The highest BCUT2D eigenvalue weighted by atomic mass is 35.5. The van der Waals surface area contributed by atoms with Crippen molar-refractivity contribution in [2.45, 2.75) is 10.6 Å². The van der Waals surface area contributed by atoms with Crippen molar-refractivity contribution in [2.75, 3.05) is 7.11 Å². The van der Waals surface area contributed by atoms with Crippen LogP contribution in [0.3, 0.4) is 0 Å². The number of rotatable bonds is 4. The molecule has 2 rings (SSSR count). The molecule has 0 aliphatic heterocycles. The smallest absolute Gasteiger partial charge is 0.122 e. The standard InChI is InChI=1S/C14H13ClOS/c1-16-13-8-4-2-6-11(13)10-17-14-9-5-3-7-12(14)15/h2-9H,10H2,1H3. The van der Waals surface area contributed by atoms with Crippen LogP contribution in [0.5, 0.6) is 5.75 Å². The van der Waals surface area contributed by atoms with Crippen molar-refractivity contribution in [3.8, 4) is 5.75 Å². The van der Waals surface area contributed by atoms with Crippen LogP contribution < -0.4 is 4.74 Å². The molecule has 0 fully saturated rings. The summed E-state index contributed by atoms with van der Waals surface area (Å²) in [5.74, 6) is 1.78. The first-order valence-corrected chi connectivity index (χ1v) is 6.67. The maximum absolute atomic E-state index is 6.11. The summed E-state index contributed by atoms with van der Waals surface area (Å²) >= 11 is 7.83. The highest BCUT2D eigenvalue weighted by Gasteiger charge is 2.04. The molecule has 0 bridgehead atoms. The van der Waals surface area contributed by atoms with Crippen LogP contribution >= 0.6 is 23.4 Å². The molecular weight excluding hydrogens is 252 g/mol. The maximum Gasteiger partial charge on any atom is 0.122 e. The molecule has 17 heavy (non-hydrogen) atoms. The van der Waals surface area contributed by atoms with Gasteiger partial charge in [-0.25, -0.2) is 0 Å². The molecule has 88 valence electrons. The molecule has 0 saturated heterocycles. The SMILES string of the molecule is COc1ccccc1CSc1ccccc1Cl. The minimum absolute atomic E-state index is 0.799. The summed E-state index contributed by atoms with van der Waals surface area (Å²) < 4.78 is 5.32. The van der Waals surface area contributed by atoms with Gasteiger partial charge in [-0.1, -0.05) is 41.9 Å². The Hall–Kier alpha value is -1.12. The van der Waals surface area contributed by atoms with Gasteiger partial charge in [-0.3, -0.25) is 0 Å². The first kappa shape index (κ1) is 12.3. The van der Waals surface area contributed by atoms with Gasteiger partial charge < -0.3 is 4.74 Å². The zero-order valence-corrected chi connectivity index (χ0v) is 11.1. The minimum atomic E-state index is 0.799. The predicted octanol–water partition coefficient (Wildman–Crippen LogP) is 4.64. The van der Waals surface area contributed by atoms with Crippen LogP contribution in [0.25, 0.3) is 0 Å². The number of halogens is 1. The molecule has 0 unspecified atom stereocenters. The van der Waals surface area contributed by atoms with E-state index in [-0.39, 0.29) is 0 Å². The largest absolute Gasteiger partial charge is 0.496 e. The van der Waals surface area contributed by atoms with Gasteiger partial charge in [0.1, 0.15) is 5.75 Å². The fourth-order valence-electron chi connectivity index (χ4n) is 1.54. The van der Waals surface area contributed by atoms with Crippen LogP contribution in [0.15, 0.2) is 53.4 Å². The Bertz CT molecular complexity index is 499. The summed E-state index contributed by atoms with van der Waals surface area (Å²) in [7, 11) is 1.69. The molecule has 0 N–H and O–H groups in total. The molecule has 0 spiro atoms. The molecule has 0 aromatic heterocycles.